The van der Waals surface area contributed by atoms with E-state index in [1.165, 1.54) is 12.4 Å². The van der Waals surface area contributed by atoms with Crippen molar-refractivity contribution >= 4 is 5.78 Å². The molecule has 0 aromatic carbocycles. The molecule has 0 spiro atoms. The van der Waals surface area contributed by atoms with Gasteiger partial charge in [-0.05, 0) is 0 Å². The average Bonchev–Trinajstić information content (AvgIpc) is 2.72. The van der Waals surface area contributed by atoms with Crippen LogP contribution in [0.2, 0.25) is 0 Å². The highest BCUT2D eigenvalue weighted by Crippen LogP contribution is 2.05. The van der Waals surface area contributed by atoms with E-state index in [9.17, 15) is 4.79 Å². The van der Waals surface area contributed by atoms with Crippen molar-refractivity contribution in [3.8, 4) is 0 Å². The lowest BCUT2D eigenvalue weighted by molar-refractivity contribution is 0.103. The molecule has 0 unspecified atom stereocenters. The average molecular weight is 176 g/mol. The highest BCUT2D eigenvalue weighted by molar-refractivity contribution is 6.08. The smallest absolute Gasteiger partial charge is 0.199 e. The highest BCUT2D eigenvalue weighted by atomic mass is 16.1. The number of nitrogens with zero attached hydrogens (tertiary/aromatic N) is 3. The molecular weight excluding hydrogens is 168 g/mol. The van der Waals surface area contributed by atoms with Gasteiger partial charge in [-0.2, -0.15) is 10.2 Å². The van der Waals surface area contributed by atoms with Crippen LogP contribution in [0.25, 0.3) is 0 Å². The topological polar surface area (TPSA) is 63.6 Å². The Hall–Kier alpha value is -1.91. The van der Waals surface area contributed by atoms with Crippen molar-refractivity contribution < 1.29 is 4.79 Å². The Bertz CT molecular complexity index is 415. The van der Waals surface area contributed by atoms with Crippen LogP contribution in [0.1, 0.15) is 15.9 Å². The first kappa shape index (κ1) is 7.72. The van der Waals surface area contributed by atoms with Crippen LogP contribution < -0.4 is 0 Å². The fraction of sp³-hybridized carbons (Fsp3) is 0.125. The first-order valence-corrected chi connectivity index (χ1v) is 3.79. The molecule has 5 heteroatoms. The zero-order chi connectivity index (χ0) is 9.26. The Morgan fingerprint density at radius 2 is 2.31 bits per heavy atom. The molecule has 2 aromatic heterocycles. The van der Waals surface area contributed by atoms with E-state index < -0.39 is 0 Å². The standard InChI is InChI=1S/C8H8N4O/c1-12-5-7(4-11-12)8(13)6-2-9-10-3-6/h2-5H,1H3,(H,9,10). The van der Waals surface area contributed by atoms with Crippen molar-refractivity contribution in [1.29, 1.82) is 0 Å². The molecule has 66 valence electrons. The van der Waals surface area contributed by atoms with Crippen LogP contribution in [-0.4, -0.2) is 25.8 Å². The predicted octanol–water partition coefficient (Wildman–Crippen LogP) is 0.374. The van der Waals surface area contributed by atoms with E-state index in [2.05, 4.69) is 15.3 Å². The van der Waals surface area contributed by atoms with E-state index in [1.807, 2.05) is 0 Å². The van der Waals surface area contributed by atoms with Crippen LogP contribution in [0.4, 0.5) is 0 Å². The van der Waals surface area contributed by atoms with Gasteiger partial charge in [0.15, 0.2) is 5.78 Å². The molecule has 2 heterocycles. The normalized spacial score (nSPS) is 10.2. The Morgan fingerprint density at radius 3 is 2.85 bits per heavy atom. The summed E-state index contributed by atoms with van der Waals surface area (Å²) in [7, 11) is 1.77. The van der Waals surface area contributed by atoms with Gasteiger partial charge in [0.2, 0.25) is 0 Å². The molecule has 0 radical (unpaired) electrons. The van der Waals surface area contributed by atoms with Crippen LogP contribution in [-0.2, 0) is 7.05 Å². The Kier molecular flexibility index (Phi) is 1.70. The van der Waals surface area contributed by atoms with E-state index in [4.69, 9.17) is 0 Å². The van der Waals surface area contributed by atoms with Gasteiger partial charge in [0.05, 0.1) is 23.5 Å². The van der Waals surface area contributed by atoms with Crippen LogP contribution in [0, 0.1) is 0 Å². The van der Waals surface area contributed by atoms with Gasteiger partial charge in [-0.25, -0.2) is 0 Å². The molecule has 0 aliphatic carbocycles. The number of ketones is 1. The summed E-state index contributed by atoms with van der Waals surface area (Å²) in [6.45, 7) is 0. The summed E-state index contributed by atoms with van der Waals surface area (Å²) in [5, 5.41) is 10.2. The number of carbonyl (C=O) groups is 1. The number of hydrogen-bond acceptors (Lipinski definition) is 3. The van der Waals surface area contributed by atoms with Gasteiger partial charge in [-0.3, -0.25) is 14.6 Å². The van der Waals surface area contributed by atoms with Crippen LogP contribution >= 0.6 is 0 Å². The van der Waals surface area contributed by atoms with Crippen molar-refractivity contribution in [2.75, 3.05) is 0 Å². The van der Waals surface area contributed by atoms with Gasteiger partial charge in [0, 0.05) is 19.4 Å². The summed E-state index contributed by atoms with van der Waals surface area (Å²) in [6, 6.07) is 0. The van der Waals surface area contributed by atoms with Crippen LogP contribution in [0.15, 0.2) is 24.8 Å². The Morgan fingerprint density at radius 1 is 1.46 bits per heavy atom. The zero-order valence-electron chi connectivity index (χ0n) is 7.06. The summed E-state index contributed by atoms with van der Waals surface area (Å²) < 4.78 is 1.59. The number of hydrogen-bond donors (Lipinski definition) is 1. The molecule has 0 atom stereocenters. The monoisotopic (exact) mass is 176 g/mol. The quantitative estimate of drug-likeness (QED) is 0.672. The third-order valence-electron chi connectivity index (χ3n) is 1.73. The molecule has 2 rings (SSSR count). The molecule has 0 aliphatic heterocycles. The van der Waals surface area contributed by atoms with Crippen molar-refractivity contribution in [3.05, 3.63) is 35.9 Å². The SMILES string of the molecule is Cn1cc(C(=O)c2cn[nH]c2)cn1. The largest absolute Gasteiger partial charge is 0.288 e. The molecule has 0 bridgehead atoms. The van der Waals surface area contributed by atoms with Crippen molar-refractivity contribution in [1.82, 2.24) is 20.0 Å². The van der Waals surface area contributed by atoms with Gasteiger partial charge in [-0.1, -0.05) is 0 Å². The van der Waals surface area contributed by atoms with E-state index in [0.717, 1.165) is 0 Å². The lowest BCUT2D eigenvalue weighted by atomic mass is 10.1. The minimum absolute atomic E-state index is 0.0677. The van der Waals surface area contributed by atoms with Crippen molar-refractivity contribution in [3.63, 3.8) is 0 Å². The number of aryl methyl sites for hydroxylation is 1. The molecule has 0 aliphatic rings. The highest BCUT2D eigenvalue weighted by Gasteiger charge is 2.10. The Labute approximate surface area is 74.4 Å². The van der Waals surface area contributed by atoms with Crippen molar-refractivity contribution in [2.24, 2.45) is 7.05 Å². The maximum absolute atomic E-state index is 11.6. The second-order valence-corrected chi connectivity index (χ2v) is 2.72. The lowest BCUT2D eigenvalue weighted by Gasteiger charge is -1.89. The number of carbonyl (C=O) groups excluding carboxylic acids is 1. The minimum Gasteiger partial charge on any atom is -0.288 e. The number of H-pyrrole nitrogens is 1. The molecule has 13 heavy (non-hydrogen) atoms. The Balaban J connectivity index is 2.33. The third kappa shape index (κ3) is 1.35. The minimum atomic E-state index is -0.0677. The van der Waals surface area contributed by atoms with Crippen molar-refractivity contribution in [2.45, 2.75) is 0 Å². The third-order valence-corrected chi connectivity index (χ3v) is 1.73. The van der Waals surface area contributed by atoms with E-state index in [-0.39, 0.29) is 5.78 Å². The molecule has 0 fully saturated rings. The van der Waals surface area contributed by atoms with Crippen LogP contribution in [0.5, 0.6) is 0 Å². The summed E-state index contributed by atoms with van der Waals surface area (Å²) >= 11 is 0. The first-order valence-electron chi connectivity index (χ1n) is 3.79. The molecule has 0 saturated heterocycles. The summed E-state index contributed by atoms with van der Waals surface area (Å²) in [4.78, 5) is 11.6. The van der Waals surface area contributed by atoms with E-state index >= 15 is 0 Å². The van der Waals surface area contributed by atoms with E-state index in [1.54, 1.807) is 24.1 Å². The molecular formula is C8H8N4O. The molecule has 2 aromatic rings. The van der Waals surface area contributed by atoms with Gasteiger partial charge < -0.3 is 0 Å². The van der Waals surface area contributed by atoms with Gasteiger partial charge in [-0.15, -0.1) is 0 Å². The number of aromatic amines is 1. The first-order chi connectivity index (χ1) is 6.27. The second-order valence-electron chi connectivity index (χ2n) is 2.72. The predicted molar refractivity (Wildman–Crippen MR) is 45.2 cm³/mol. The zero-order valence-corrected chi connectivity index (χ0v) is 7.06. The second kappa shape index (κ2) is 2.85. The fourth-order valence-corrected chi connectivity index (χ4v) is 1.08. The number of rotatable bonds is 2. The van der Waals surface area contributed by atoms with Gasteiger partial charge >= 0.3 is 0 Å². The maximum atomic E-state index is 11.6. The molecule has 0 saturated carbocycles. The molecule has 5 nitrogen and oxygen atoms in total. The number of nitrogens with one attached hydrogen (secondary N) is 1. The summed E-state index contributed by atoms with van der Waals surface area (Å²) in [5.41, 5.74) is 1.12. The van der Waals surface area contributed by atoms with Crippen LogP contribution in [0.3, 0.4) is 0 Å². The van der Waals surface area contributed by atoms with Gasteiger partial charge in [0.25, 0.3) is 0 Å². The maximum Gasteiger partial charge on any atom is 0.199 e. The fourth-order valence-electron chi connectivity index (χ4n) is 1.08. The summed E-state index contributed by atoms with van der Waals surface area (Å²) in [5.74, 6) is -0.0677. The summed E-state index contributed by atoms with van der Waals surface area (Å²) in [6.07, 6.45) is 6.27. The number of aromatic nitrogens is 4. The molecule has 1 N–H and O–H groups in total. The lowest BCUT2D eigenvalue weighted by Crippen LogP contribution is -1.97. The molecule has 0 amide bonds. The van der Waals surface area contributed by atoms with E-state index in [0.29, 0.717) is 11.1 Å². The van der Waals surface area contributed by atoms with Gasteiger partial charge in [0.1, 0.15) is 0 Å².